The molecule has 1 saturated carbocycles. The highest BCUT2D eigenvalue weighted by Crippen LogP contribution is 2.36. The Labute approximate surface area is 104 Å². The van der Waals surface area contributed by atoms with E-state index >= 15 is 0 Å². The summed E-state index contributed by atoms with van der Waals surface area (Å²) in [6.07, 6.45) is 4.94. The molecule has 0 aromatic heterocycles. The van der Waals surface area contributed by atoms with Crippen LogP contribution in [0.2, 0.25) is 0 Å². The van der Waals surface area contributed by atoms with Crippen LogP contribution in [0, 0.1) is 6.92 Å². The van der Waals surface area contributed by atoms with Gasteiger partial charge >= 0.3 is 0 Å². The van der Waals surface area contributed by atoms with E-state index in [0.29, 0.717) is 12.5 Å². The van der Waals surface area contributed by atoms with E-state index in [1.165, 1.54) is 5.56 Å². The Bertz CT molecular complexity index is 397. The van der Waals surface area contributed by atoms with Gasteiger partial charge in [0.2, 0.25) is 0 Å². The van der Waals surface area contributed by atoms with Crippen molar-refractivity contribution in [2.45, 2.75) is 38.7 Å². The van der Waals surface area contributed by atoms with Gasteiger partial charge < -0.3 is 9.53 Å². The second kappa shape index (κ2) is 5.00. The minimum atomic E-state index is 0.383. The molecule has 1 aliphatic carbocycles. The molecule has 0 radical (unpaired) electrons. The summed E-state index contributed by atoms with van der Waals surface area (Å²) >= 11 is 3.53. The fourth-order valence-electron chi connectivity index (χ4n) is 1.69. The van der Waals surface area contributed by atoms with Gasteiger partial charge in [-0.15, -0.1) is 0 Å². The van der Waals surface area contributed by atoms with Crippen molar-refractivity contribution in [2.75, 3.05) is 0 Å². The molecule has 1 aliphatic rings. The third-order valence-electron chi connectivity index (χ3n) is 2.61. The Morgan fingerprint density at radius 2 is 2.25 bits per heavy atom. The molecule has 1 aromatic rings. The SMILES string of the molecule is Cc1cc(Br)c(OC2CC2)c(CCC=O)c1. The van der Waals surface area contributed by atoms with Gasteiger partial charge in [-0.05, 0) is 59.3 Å². The number of ether oxygens (including phenoxy) is 1. The molecule has 2 rings (SSSR count). The van der Waals surface area contributed by atoms with Crippen LogP contribution in [0.1, 0.15) is 30.4 Å². The molecule has 0 N–H and O–H groups in total. The second-order valence-corrected chi connectivity index (χ2v) is 5.11. The Morgan fingerprint density at radius 1 is 1.50 bits per heavy atom. The van der Waals surface area contributed by atoms with Crippen molar-refractivity contribution >= 4 is 22.2 Å². The van der Waals surface area contributed by atoms with Crippen molar-refractivity contribution in [3.8, 4) is 5.75 Å². The number of carbonyl (C=O) groups excluding carboxylic acids is 1. The van der Waals surface area contributed by atoms with Gasteiger partial charge in [0.05, 0.1) is 10.6 Å². The first-order chi connectivity index (χ1) is 7.70. The Balaban J connectivity index is 2.25. The van der Waals surface area contributed by atoms with Crippen LogP contribution < -0.4 is 4.74 Å². The number of hydrogen-bond acceptors (Lipinski definition) is 2. The molecule has 0 saturated heterocycles. The molecule has 0 atom stereocenters. The van der Waals surface area contributed by atoms with E-state index in [-0.39, 0.29) is 0 Å². The fraction of sp³-hybridized carbons (Fsp3) is 0.462. The molecule has 1 fully saturated rings. The third kappa shape index (κ3) is 2.85. The second-order valence-electron chi connectivity index (χ2n) is 4.26. The van der Waals surface area contributed by atoms with Crippen LogP contribution >= 0.6 is 15.9 Å². The molecule has 0 unspecified atom stereocenters. The van der Waals surface area contributed by atoms with Gasteiger partial charge in [0.15, 0.2) is 0 Å². The van der Waals surface area contributed by atoms with E-state index in [2.05, 4.69) is 35.0 Å². The van der Waals surface area contributed by atoms with Gasteiger partial charge in [-0.25, -0.2) is 0 Å². The minimum Gasteiger partial charge on any atom is -0.489 e. The summed E-state index contributed by atoms with van der Waals surface area (Å²) in [5, 5.41) is 0. The number of hydrogen-bond donors (Lipinski definition) is 0. The van der Waals surface area contributed by atoms with Gasteiger partial charge in [0.1, 0.15) is 12.0 Å². The van der Waals surface area contributed by atoms with Crippen LogP contribution in [0.4, 0.5) is 0 Å². The Kier molecular flexibility index (Phi) is 3.64. The maximum atomic E-state index is 10.4. The fourth-order valence-corrected chi connectivity index (χ4v) is 2.39. The molecule has 0 aliphatic heterocycles. The summed E-state index contributed by atoms with van der Waals surface area (Å²) in [5.74, 6) is 0.926. The molecular weight excluding hydrogens is 268 g/mol. The maximum absolute atomic E-state index is 10.4. The number of aldehydes is 1. The maximum Gasteiger partial charge on any atom is 0.137 e. The molecule has 16 heavy (non-hydrogen) atoms. The largest absolute Gasteiger partial charge is 0.489 e. The quantitative estimate of drug-likeness (QED) is 0.774. The van der Waals surface area contributed by atoms with E-state index in [1.54, 1.807) is 0 Å². The number of benzene rings is 1. The summed E-state index contributed by atoms with van der Waals surface area (Å²) < 4.78 is 6.88. The van der Waals surface area contributed by atoms with Crippen molar-refractivity contribution in [3.63, 3.8) is 0 Å². The van der Waals surface area contributed by atoms with Gasteiger partial charge in [-0.2, -0.15) is 0 Å². The van der Waals surface area contributed by atoms with Crippen LogP contribution in [0.5, 0.6) is 5.75 Å². The van der Waals surface area contributed by atoms with Crippen LogP contribution in [-0.2, 0) is 11.2 Å². The predicted octanol–water partition coefficient (Wildman–Crippen LogP) is 3.43. The van der Waals surface area contributed by atoms with E-state index in [9.17, 15) is 4.79 Å². The van der Waals surface area contributed by atoms with Crippen LogP contribution in [0.25, 0.3) is 0 Å². The summed E-state index contributed by atoms with van der Waals surface area (Å²) in [5.41, 5.74) is 2.32. The van der Waals surface area contributed by atoms with Gasteiger partial charge in [-0.1, -0.05) is 6.07 Å². The molecule has 2 nitrogen and oxygen atoms in total. The Hall–Kier alpha value is -0.830. The topological polar surface area (TPSA) is 26.3 Å². The molecular formula is C13H15BrO2. The van der Waals surface area contributed by atoms with E-state index in [1.807, 2.05) is 0 Å². The highest BCUT2D eigenvalue weighted by Gasteiger charge is 2.25. The van der Waals surface area contributed by atoms with Crippen molar-refractivity contribution in [1.29, 1.82) is 0 Å². The molecule has 0 heterocycles. The molecule has 0 spiro atoms. The zero-order chi connectivity index (χ0) is 11.5. The van der Waals surface area contributed by atoms with Crippen molar-refractivity contribution < 1.29 is 9.53 Å². The number of carbonyl (C=O) groups is 1. The summed E-state index contributed by atoms with van der Waals surface area (Å²) in [4.78, 5) is 10.4. The lowest BCUT2D eigenvalue weighted by Gasteiger charge is -2.13. The van der Waals surface area contributed by atoms with Gasteiger partial charge in [0.25, 0.3) is 0 Å². The number of aryl methyl sites for hydroxylation is 2. The predicted molar refractivity (Wildman–Crippen MR) is 66.9 cm³/mol. The first-order valence-corrected chi connectivity index (χ1v) is 6.39. The normalized spacial score (nSPS) is 14.9. The Morgan fingerprint density at radius 3 is 2.88 bits per heavy atom. The monoisotopic (exact) mass is 282 g/mol. The summed E-state index contributed by atoms with van der Waals surface area (Å²) in [6, 6.07) is 4.16. The molecule has 3 heteroatoms. The lowest BCUT2D eigenvalue weighted by molar-refractivity contribution is -0.107. The number of halogens is 1. The van der Waals surface area contributed by atoms with Gasteiger partial charge in [-0.3, -0.25) is 0 Å². The van der Waals surface area contributed by atoms with Crippen molar-refractivity contribution in [1.82, 2.24) is 0 Å². The average molecular weight is 283 g/mol. The van der Waals surface area contributed by atoms with Crippen molar-refractivity contribution in [3.05, 3.63) is 27.7 Å². The molecule has 0 amide bonds. The standard InChI is InChI=1S/C13H15BrO2/c1-9-7-10(3-2-6-15)13(12(14)8-9)16-11-4-5-11/h6-8,11H,2-5H2,1H3. The minimum absolute atomic E-state index is 0.383. The lowest BCUT2D eigenvalue weighted by Crippen LogP contribution is -2.01. The van der Waals surface area contributed by atoms with Crippen LogP contribution in [0.3, 0.4) is 0 Å². The molecule has 1 aromatic carbocycles. The highest BCUT2D eigenvalue weighted by molar-refractivity contribution is 9.10. The summed E-state index contributed by atoms with van der Waals surface area (Å²) in [6.45, 7) is 2.05. The van der Waals surface area contributed by atoms with Gasteiger partial charge in [0, 0.05) is 6.42 Å². The smallest absolute Gasteiger partial charge is 0.137 e. The van der Waals surface area contributed by atoms with Crippen molar-refractivity contribution in [2.24, 2.45) is 0 Å². The van der Waals surface area contributed by atoms with E-state index in [0.717, 1.165) is 41.3 Å². The third-order valence-corrected chi connectivity index (χ3v) is 3.19. The van der Waals surface area contributed by atoms with E-state index in [4.69, 9.17) is 4.74 Å². The zero-order valence-electron chi connectivity index (χ0n) is 9.33. The number of rotatable bonds is 5. The van der Waals surface area contributed by atoms with E-state index < -0.39 is 0 Å². The molecule has 0 bridgehead atoms. The first-order valence-electron chi connectivity index (χ1n) is 5.60. The average Bonchev–Trinajstić information content (AvgIpc) is 3.03. The van der Waals surface area contributed by atoms with Crippen LogP contribution in [-0.4, -0.2) is 12.4 Å². The highest BCUT2D eigenvalue weighted by atomic mass is 79.9. The summed E-state index contributed by atoms with van der Waals surface area (Å²) in [7, 11) is 0. The van der Waals surface area contributed by atoms with Crippen LogP contribution in [0.15, 0.2) is 16.6 Å². The molecule has 86 valence electrons. The lowest BCUT2D eigenvalue weighted by atomic mass is 10.1. The zero-order valence-corrected chi connectivity index (χ0v) is 10.9. The first kappa shape index (κ1) is 11.6.